The van der Waals surface area contributed by atoms with Crippen LogP contribution in [0, 0.1) is 5.92 Å². The largest absolute Gasteiger partial charge is 0.497 e. The number of ether oxygens (including phenoxy) is 1. The molecule has 2 heterocycles. The number of rotatable bonds is 7. The summed E-state index contributed by atoms with van der Waals surface area (Å²) >= 11 is 4.21. The molecule has 2 aromatic rings. The fraction of sp³-hybridized carbons (Fsp3) is 0.464. The van der Waals surface area contributed by atoms with Crippen molar-refractivity contribution in [3.63, 3.8) is 0 Å². The zero-order chi connectivity index (χ0) is 26.4. The quantitative estimate of drug-likeness (QED) is 0.331. The molecule has 4 rings (SSSR count). The number of nitrogens with zero attached hydrogens (tertiary/aromatic N) is 1. The molecule has 36 heavy (non-hydrogen) atoms. The fourth-order valence-electron chi connectivity index (χ4n) is 4.14. The minimum atomic E-state index is -0.596. The highest BCUT2D eigenvalue weighted by Gasteiger charge is 2.42. The van der Waals surface area contributed by atoms with Gasteiger partial charge >= 0.3 is 0 Å². The molecule has 8 heteroatoms. The molecule has 2 aromatic carbocycles. The Morgan fingerprint density at radius 1 is 1.22 bits per heavy atom. The molecule has 2 unspecified atom stereocenters. The molecule has 0 aromatic heterocycles. The lowest BCUT2D eigenvalue weighted by molar-refractivity contribution is -0.124. The van der Waals surface area contributed by atoms with Crippen LogP contribution in [0.3, 0.4) is 0 Å². The van der Waals surface area contributed by atoms with Crippen molar-refractivity contribution in [2.24, 2.45) is 16.6 Å². The highest BCUT2D eigenvalue weighted by Crippen LogP contribution is 2.27. The van der Waals surface area contributed by atoms with Gasteiger partial charge in [0.25, 0.3) is 5.91 Å². The number of aliphatic imine (C=N–C) groups is 1. The highest BCUT2D eigenvalue weighted by molar-refractivity contribution is 7.80. The van der Waals surface area contributed by atoms with Gasteiger partial charge in [-0.1, -0.05) is 38.1 Å². The van der Waals surface area contributed by atoms with E-state index in [1.165, 1.54) is 5.56 Å². The number of nitrogens with two attached hydrogens (primary N) is 1. The van der Waals surface area contributed by atoms with Gasteiger partial charge in [-0.2, -0.15) is 0 Å². The summed E-state index contributed by atoms with van der Waals surface area (Å²) in [6.45, 7) is 6.63. The van der Waals surface area contributed by atoms with Crippen molar-refractivity contribution in [2.75, 3.05) is 26.7 Å². The first kappa shape index (κ1) is 29.5. The number of hydrogen-bond donors (Lipinski definition) is 4. The van der Waals surface area contributed by atoms with Gasteiger partial charge < -0.3 is 21.1 Å². The van der Waals surface area contributed by atoms with E-state index in [-0.39, 0.29) is 5.91 Å². The van der Waals surface area contributed by atoms with Gasteiger partial charge in [-0.3, -0.25) is 14.6 Å². The van der Waals surface area contributed by atoms with Gasteiger partial charge in [0.05, 0.1) is 7.11 Å². The number of thiol groups is 1. The van der Waals surface area contributed by atoms with Gasteiger partial charge in [0, 0.05) is 22.9 Å². The molecule has 0 aliphatic carbocycles. The van der Waals surface area contributed by atoms with Crippen molar-refractivity contribution in [1.82, 2.24) is 10.6 Å². The number of piperidine rings is 1. The zero-order valence-corrected chi connectivity index (χ0v) is 22.5. The molecule has 2 atom stereocenters. The van der Waals surface area contributed by atoms with Crippen LogP contribution in [0.25, 0.3) is 0 Å². The molecule has 4 N–H and O–H groups in total. The van der Waals surface area contributed by atoms with E-state index in [1.807, 2.05) is 19.1 Å². The number of benzene rings is 2. The summed E-state index contributed by atoms with van der Waals surface area (Å²) in [7, 11) is 1.57. The average molecular weight is 513 g/mol. The van der Waals surface area contributed by atoms with E-state index in [1.54, 1.807) is 31.4 Å². The summed E-state index contributed by atoms with van der Waals surface area (Å²) in [6, 6.07) is 15.2. The minimum Gasteiger partial charge on any atom is -0.497 e. The summed E-state index contributed by atoms with van der Waals surface area (Å²) in [5, 5.41) is 6.31. The first-order valence-corrected chi connectivity index (χ1v) is 13.0. The van der Waals surface area contributed by atoms with Gasteiger partial charge in [0.15, 0.2) is 0 Å². The topological polar surface area (TPSA) is 106 Å². The van der Waals surface area contributed by atoms with Crippen LogP contribution in [0.1, 0.15) is 55.5 Å². The smallest absolute Gasteiger partial charge is 0.253 e. The Hall–Kier alpha value is -2.68. The molecule has 0 radical (unpaired) electrons. The molecular weight excluding hydrogens is 472 g/mol. The lowest BCUT2D eigenvalue weighted by Gasteiger charge is -2.22. The van der Waals surface area contributed by atoms with Crippen LogP contribution in [0.5, 0.6) is 5.75 Å². The van der Waals surface area contributed by atoms with Crippen LogP contribution in [-0.4, -0.2) is 50.3 Å². The van der Waals surface area contributed by atoms with Crippen LogP contribution < -0.4 is 21.1 Å². The molecule has 2 aliphatic rings. The second-order valence-electron chi connectivity index (χ2n) is 8.84. The lowest BCUT2D eigenvalue weighted by Crippen LogP contribution is -2.43. The first-order chi connectivity index (χ1) is 17.4. The Kier molecular flexibility index (Phi) is 12.7. The highest BCUT2D eigenvalue weighted by atomic mass is 32.1. The monoisotopic (exact) mass is 512 g/mol. The van der Waals surface area contributed by atoms with E-state index in [0.717, 1.165) is 55.8 Å². The fourth-order valence-corrected chi connectivity index (χ4v) is 4.39. The predicted octanol–water partition coefficient (Wildman–Crippen LogP) is 4.06. The van der Waals surface area contributed by atoms with Crippen molar-refractivity contribution in [2.45, 2.75) is 56.4 Å². The second-order valence-corrected chi connectivity index (χ2v) is 9.35. The Morgan fingerprint density at radius 3 is 2.56 bits per heavy atom. The number of aldehydes is 1. The van der Waals surface area contributed by atoms with Gasteiger partial charge in [0.2, 0.25) is 0 Å². The molecule has 1 fully saturated rings. The van der Waals surface area contributed by atoms with Crippen molar-refractivity contribution in [3.8, 4) is 5.75 Å². The van der Waals surface area contributed by atoms with Crippen LogP contribution in [0.2, 0.25) is 0 Å². The van der Waals surface area contributed by atoms with Crippen molar-refractivity contribution in [3.05, 3.63) is 59.7 Å². The maximum Gasteiger partial charge on any atom is 0.253 e. The number of carbonyl (C=O) groups excluding carboxylic acids is 2. The van der Waals surface area contributed by atoms with Crippen molar-refractivity contribution in [1.29, 1.82) is 0 Å². The van der Waals surface area contributed by atoms with Gasteiger partial charge in [0.1, 0.15) is 23.4 Å². The Bertz CT molecular complexity index is 1010. The van der Waals surface area contributed by atoms with E-state index in [9.17, 15) is 9.59 Å². The molecule has 7 nitrogen and oxygen atoms in total. The Morgan fingerprint density at radius 2 is 2.00 bits per heavy atom. The number of aryl methyl sites for hydroxylation is 1. The second kappa shape index (κ2) is 15.4. The van der Waals surface area contributed by atoms with E-state index in [2.05, 4.69) is 47.3 Å². The molecule has 1 amide bonds. The van der Waals surface area contributed by atoms with Crippen LogP contribution >= 0.6 is 12.6 Å². The summed E-state index contributed by atoms with van der Waals surface area (Å²) in [6.07, 6.45) is 5.50. The van der Waals surface area contributed by atoms with E-state index < -0.39 is 5.54 Å². The van der Waals surface area contributed by atoms with Crippen LogP contribution in [0.4, 0.5) is 0 Å². The maximum absolute atomic E-state index is 12.1. The third-order valence-corrected chi connectivity index (χ3v) is 6.65. The molecule has 0 saturated carbocycles. The number of hydrogen-bond acceptors (Lipinski definition) is 7. The standard InChI is InChI=1S/C12H22N4O.C8H8O2.C8H10S/c1-2-12(5-6-13)11(17)15-10(16-12)9-4-3-7-14-8-9;1-10-8-4-2-3-7(5-8)6-9;1-2-7-4-3-5-8(9)6-7/h9,14H,2-8,13H2,1H3,(H,15,16,17);2-6H,1H3;3-6,9H,2H2,1H3. The van der Waals surface area contributed by atoms with E-state index in [0.29, 0.717) is 30.2 Å². The third kappa shape index (κ3) is 8.76. The average Bonchev–Trinajstić information content (AvgIpc) is 3.26. The lowest BCUT2D eigenvalue weighted by atomic mass is 9.93. The minimum absolute atomic E-state index is 0.0334. The van der Waals surface area contributed by atoms with Crippen LogP contribution in [0.15, 0.2) is 58.4 Å². The molecule has 1 saturated heterocycles. The van der Waals surface area contributed by atoms with Gasteiger partial charge in [-0.05, 0) is 75.0 Å². The molecule has 196 valence electrons. The van der Waals surface area contributed by atoms with Crippen LogP contribution in [-0.2, 0) is 11.2 Å². The predicted molar refractivity (Wildman–Crippen MR) is 149 cm³/mol. The number of nitrogens with one attached hydrogen (secondary N) is 2. The normalized spacial score (nSPS) is 20.6. The first-order valence-electron chi connectivity index (χ1n) is 12.6. The summed E-state index contributed by atoms with van der Waals surface area (Å²) in [5.41, 5.74) is 6.99. The summed E-state index contributed by atoms with van der Waals surface area (Å²) < 4.78 is 4.90. The number of amides is 1. The molecular formula is C28H40N4O3S. The third-order valence-electron chi connectivity index (χ3n) is 6.37. The number of amidine groups is 1. The maximum atomic E-state index is 12.1. The number of methoxy groups -OCH3 is 1. The SMILES string of the molecule is CCC1(CCN)N=C(C2CCCNC2)NC1=O.CCc1cccc(S)c1.COc1cccc(C=O)c1. The molecule has 0 spiro atoms. The van der Waals surface area contributed by atoms with E-state index >= 15 is 0 Å². The number of carbonyl (C=O) groups is 2. The van der Waals surface area contributed by atoms with E-state index in [4.69, 9.17) is 10.5 Å². The van der Waals surface area contributed by atoms with Crippen molar-refractivity contribution >= 4 is 30.7 Å². The van der Waals surface area contributed by atoms with Crippen molar-refractivity contribution < 1.29 is 14.3 Å². The zero-order valence-electron chi connectivity index (χ0n) is 21.6. The molecule has 0 bridgehead atoms. The van der Waals surface area contributed by atoms with Gasteiger partial charge in [-0.25, -0.2) is 0 Å². The molecule has 2 aliphatic heterocycles. The summed E-state index contributed by atoms with van der Waals surface area (Å²) in [4.78, 5) is 28.0. The Balaban J connectivity index is 0.000000205. The summed E-state index contributed by atoms with van der Waals surface area (Å²) in [5.74, 6) is 1.98. The Labute approximate surface area is 220 Å². The van der Waals surface area contributed by atoms with Gasteiger partial charge in [-0.15, -0.1) is 12.6 Å².